The summed E-state index contributed by atoms with van der Waals surface area (Å²) in [5.41, 5.74) is 1.17. The summed E-state index contributed by atoms with van der Waals surface area (Å²) in [7, 11) is 0. The first-order valence-corrected chi connectivity index (χ1v) is 8.88. The second kappa shape index (κ2) is 6.65. The lowest BCUT2D eigenvalue weighted by atomic mass is 10.2. The lowest BCUT2D eigenvalue weighted by Gasteiger charge is -2.13. The van der Waals surface area contributed by atoms with E-state index < -0.39 is 0 Å². The summed E-state index contributed by atoms with van der Waals surface area (Å²) in [6.07, 6.45) is 1.59. The summed E-state index contributed by atoms with van der Waals surface area (Å²) in [6.45, 7) is 0. The highest BCUT2D eigenvalue weighted by Gasteiger charge is 2.33. The number of rotatable bonds is 2. The third-order valence-corrected chi connectivity index (χ3v) is 5.20. The fourth-order valence-corrected chi connectivity index (χ4v) is 4.23. The molecule has 1 heterocycles. The van der Waals surface area contributed by atoms with Gasteiger partial charge in [-0.25, -0.2) is 0 Å². The average molecular weight is 427 g/mol. The number of nitrogens with zero attached hydrogens (tertiary/aromatic N) is 1. The topological polar surface area (TPSA) is 40.5 Å². The highest BCUT2D eigenvalue weighted by atomic mass is 79.9. The summed E-state index contributed by atoms with van der Waals surface area (Å²) >= 11 is 15.8. The molecule has 0 radical (unpaired) electrons. The van der Waals surface area contributed by atoms with E-state index in [0.717, 1.165) is 5.69 Å². The Kier molecular flexibility index (Phi) is 4.77. The molecule has 0 spiro atoms. The number of halogens is 2. The van der Waals surface area contributed by atoms with E-state index in [1.807, 2.05) is 30.3 Å². The Morgan fingerprint density at radius 3 is 2.65 bits per heavy atom. The molecule has 1 aliphatic heterocycles. The number of benzene rings is 2. The van der Waals surface area contributed by atoms with Gasteiger partial charge in [0.15, 0.2) is 4.32 Å². The monoisotopic (exact) mass is 425 g/mol. The van der Waals surface area contributed by atoms with Crippen molar-refractivity contribution in [1.29, 1.82) is 0 Å². The van der Waals surface area contributed by atoms with Gasteiger partial charge < -0.3 is 5.11 Å². The van der Waals surface area contributed by atoms with Gasteiger partial charge in [-0.15, -0.1) is 0 Å². The van der Waals surface area contributed by atoms with E-state index >= 15 is 0 Å². The third kappa shape index (κ3) is 3.30. The van der Waals surface area contributed by atoms with Crippen LogP contribution in [0.15, 0.2) is 51.8 Å². The minimum atomic E-state index is -0.221. The van der Waals surface area contributed by atoms with Gasteiger partial charge in [0.05, 0.1) is 15.6 Å². The van der Waals surface area contributed by atoms with Crippen LogP contribution >= 0.6 is 51.5 Å². The number of hydrogen-bond acceptors (Lipinski definition) is 4. The normalized spacial score (nSPS) is 16.4. The Labute approximate surface area is 156 Å². The molecule has 3 nitrogen and oxygen atoms in total. The molecule has 0 unspecified atom stereocenters. The lowest BCUT2D eigenvalue weighted by molar-refractivity contribution is -0.113. The first-order valence-electron chi connectivity index (χ1n) is 6.48. The number of carbonyl (C=O) groups is 1. The summed E-state index contributed by atoms with van der Waals surface area (Å²) in [6, 6.07) is 12.5. The van der Waals surface area contributed by atoms with Gasteiger partial charge in [0.25, 0.3) is 5.91 Å². The number of thioether (sulfide) groups is 1. The van der Waals surface area contributed by atoms with Gasteiger partial charge in [-0.1, -0.05) is 69.7 Å². The molecule has 0 atom stereocenters. The molecule has 0 saturated carbocycles. The zero-order valence-electron chi connectivity index (χ0n) is 11.5. The highest BCUT2D eigenvalue weighted by Crippen LogP contribution is 2.39. The van der Waals surface area contributed by atoms with Gasteiger partial charge in [0.1, 0.15) is 5.75 Å². The Bertz CT molecular complexity index is 839. The number of phenols is 1. The van der Waals surface area contributed by atoms with Crippen molar-refractivity contribution in [1.82, 2.24) is 0 Å². The van der Waals surface area contributed by atoms with E-state index in [1.54, 1.807) is 18.2 Å². The third-order valence-electron chi connectivity index (χ3n) is 3.15. The summed E-state index contributed by atoms with van der Waals surface area (Å²) in [5, 5.41) is 10.3. The van der Waals surface area contributed by atoms with Crippen molar-refractivity contribution in [2.24, 2.45) is 0 Å². The molecular formula is C16H9BrClNO2S2. The highest BCUT2D eigenvalue weighted by molar-refractivity contribution is 9.10. The second-order valence-electron chi connectivity index (χ2n) is 4.68. The van der Waals surface area contributed by atoms with E-state index in [-0.39, 0.29) is 16.7 Å². The Hall–Kier alpha value is -1.34. The van der Waals surface area contributed by atoms with E-state index in [2.05, 4.69) is 15.9 Å². The molecule has 1 fully saturated rings. The minimum absolute atomic E-state index is 0.0696. The number of anilines is 1. The predicted molar refractivity (Wildman–Crippen MR) is 103 cm³/mol. The van der Waals surface area contributed by atoms with Gasteiger partial charge in [0, 0.05) is 10.0 Å². The zero-order valence-corrected chi connectivity index (χ0v) is 15.5. The maximum absolute atomic E-state index is 12.6. The Balaban J connectivity index is 2.00. The average Bonchev–Trinajstić information content (AvgIpc) is 2.79. The van der Waals surface area contributed by atoms with Gasteiger partial charge in [-0.3, -0.25) is 9.69 Å². The number of thiocarbonyl (C=S) groups is 1. The maximum Gasteiger partial charge on any atom is 0.270 e. The van der Waals surface area contributed by atoms with Crippen molar-refractivity contribution in [2.75, 3.05) is 4.90 Å². The maximum atomic E-state index is 12.6. The molecular weight excluding hydrogens is 418 g/mol. The van der Waals surface area contributed by atoms with Crippen LogP contribution in [0.3, 0.4) is 0 Å². The summed E-state index contributed by atoms with van der Waals surface area (Å²) in [4.78, 5) is 14.5. The van der Waals surface area contributed by atoms with E-state index in [1.165, 1.54) is 16.7 Å². The van der Waals surface area contributed by atoms with Gasteiger partial charge >= 0.3 is 0 Å². The van der Waals surface area contributed by atoms with E-state index in [0.29, 0.717) is 19.3 Å². The molecule has 1 N–H and O–H groups in total. The van der Waals surface area contributed by atoms with Crippen molar-refractivity contribution in [3.63, 3.8) is 0 Å². The van der Waals surface area contributed by atoms with Gasteiger partial charge in [-0.2, -0.15) is 0 Å². The first kappa shape index (κ1) is 16.5. The summed E-state index contributed by atoms with van der Waals surface area (Å²) in [5.74, 6) is -0.290. The largest absolute Gasteiger partial charge is 0.506 e. The molecule has 23 heavy (non-hydrogen) atoms. The van der Waals surface area contributed by atoms with Crippen molar-refractivity contribution in [3.8, 4) is 5.75 Å². The standard InChI is InChI=1S/C16H9BrClNO2S2/c17-10-6-9(14(20)12(18)8-10)7-13-15(21)19(16(22)23-13)11-4-2-1-3-5-11/h1-8,20H/b13-7-. The van der Waals surface area contributed by atoms with Gasteiger partial charge in [-0.05, 0) is 30.3 Å². The minimum Gasteiger partial charge on any atom is -0.506 e. The SMILES string of the molecule is O=C1/C(=C/c2cc(Br)cc(Cl)c2O)SC(=S)N1c1ccccc1. The van der Waals surface area contributed by atoms with Crippen molar-refractivity contribution in [3.05, 3.63) is 62.4 Å². The predicted octanol–water partition coefficient (Wildman–Crippen LogP) is 5.21. The Morgan fingerprint density at radius 1 is 1.26 bits per heavy atom. The molecule has 1 saturated heterocycles. The van der Waals surface area contributed by atoms with Crippen molar-refractivity contribution >= 4 is 73.5 Å². The van der Waals surface area contributed by atoms with Crippen LogP contribution in [0.4, 0.5) is 5.69 Å². The zero-order chi connectivity index (χ0) is 16.6. The molecule has 1 aliphatic rings. The van der Waals surface area contributed by atoms with Crippen LogP contribution in [0, 0.1) is 0 Å². The number of para-hydroxylation sites is 1. The van der Waals surface area contributed by atoms with E-state index in [4.69, 9.17) is 23.8 Å². The number of hydrogen-bond donors (Lipinski definition) is 1. The van der Waals surface area contributed by atoms with Crippen LogP contribution < -0.4 is 4.90 Å². The van der Waals surface area contributed by atoms with Crippen LogP contribution in [0.2, 0.25) is 5.02 Å². The fourth-order valence-electron chi connectivity index (χ4n) is 2.10. The molecule has 2 aromatic carbocycles. The molecule has 0 aromatic heterocycles. The van der Waals surface area contributed by atoms with Crippen molar-refractivity contribution in [2.45, 2.75) is 0 Å². The van der Waals surface area contributed by atoms with Crippen LogP contribution in [0.5, 0.6) is 5.75 Å². The number of aromatic hydroxyl groups is 1. The molecule has 1 amide bonds. The Morgan fingerprint density at radius 2 is 1.96 bits per heavy atom. The molecule has 7 heteroatoms. The molecule has 116 valence electrons. The van der Waals surface area contributed by atoms with Crippen LogP contribution in [-0.2, 0) is 4.79 Å². The number of carbonyl (C=O) groups excluding carboxylic acids is 1. The van der Waals surface area contributed by atoms with Crippen LogP contribution in [0.25, 0.3) is 6.08 Å². The quantitative estimate of drug-likeness (QED) is 0.528. The van der Waals surface area contributed by atoms with Gasteiger partial charge in [0.2, 0.25) is 0 Å². The smallest absolute Gasteiger partial charge is 0.270 e. The lowest BCUT2D eigenvalue weighted by Crippen LogP contribution is -2.27. The second-order valence-corrected chi connectivity index (χ2v) is 7.68. The molecule has 0 bridgehead atoms. The first-order chi connectivity index (χ1) is 11.0. The van der Waals surface area contributed by atoms with Crippen molar-refractivity contribution < 1.29 is 9.90 Å². The van der Waals surface area contributed by atoms with Crippen LogP contribution in [-0.4, -0.2) is 15.3 Å². The molecule has 2 aromatic rings. The molecule has 0 aliphatic carbocycles. The summed E-state index contributed by atoms with van der Waals surface area (Å²) < 4.78 is 1.16. The van der Waals surface area contributed by atoms with E-state index in [9.17, 15) is 9.90 Å². The molecule has 3 rings (SSSR count). The number of phenolic OH excluding ortho intramolecular Hbond substituents is 1. The van der Waals surface area contributed by atoms with Crippen LogP contribution in [0.1, 0.15) is 5.56 Å². The fraction of sp³-hybridized carbons (Fsp3) is 0. The number of amides is 1.